The van der Waals surface area contributed by atoms with Gasteiger partial charge in [-0.3, -0.25) is 4.79 Å². The molecule has 11 atom stereocenters. The molecule has 2 fully saturated rings. The third-order valence-corrected chi connectivity index (χ3v) is 11.5. The first-order chi connectivity index (χ1) is 33.0. The molecule has 0 aromatic rings. The van der Waals surface area contributed by atoms with E-state index in [-0.39, 0.29) is 13.0 Å². The lowest BCUT2D eigenvalue weighted by molar-refractivity contribution is -0.332. The maximum Gasteiger partial charge on any atom is 0.331 e. The van der Waals surface area contributed by atoms with Crippen molar-refractivity contribution in [2.45, 2.75) is 210 Å². The van der Waals surface area contributed by atoms with E-state index in [1.807, 2.05) is 18.2 Å². The number of ether oxygens (including phenoxy) is 6. The Morgan fingerprint density at radius 1 is 0.529 bits per heavy atom. The standard InChI is InChI=1S/C53H86O15/c1-3-5-7-9-11-13-15-17-19-20-22-23-25-27-29-31-33-35-44(55)63-38-41(66-45(56)36-34-32-30-28-26-24-21-18-16-14-12-10-8-6-4-2)39-64-52-51(62)49(60)47(58)43(68-52)40-65-53-50(61)48(59)46(57)42(37-54)67-53/h5,7,11,13,17,19,22-23,27,29-30,32,34,36,41-43,46-54,57-62H,3-4,6,8-10,12,14-16,18,20-21,24-26,28,31,33,35,37-40H2,1-2H3/b7-5+,13-11+,19-17+,23-22+,29-27+,32-30+,36-34+/t41-,42+,43+,46-,47-,48?,49?,50?,51?,52+,53+/m0/s1. The number of carbonyl (C=O) groups excluding carboxylic acids is 2. The maximum absolute atomic E-state index is 12.9. The summed E-state index contributed by atoms with van der Waals surface area (Å²) in [5.41, 5.74) is 0. The highest BCUT2D eigenvalue weighted by molar-refractivity contribution is 5.82. The van der Waals surface area contributed by atoms with Gasteiger partial charge in [0.15, 0.2) is 18.7 Å². The van der Waals surface area contributed by atoms with Crippen molar-refractivity contribution in [3.8, 4) is 0 Å². The van der Waals surface area contributed by atoms with Crippen LogP contribution in [0, 0.1) is 0 Å². The van der Waals surface area contributed by atoms with Crippen LogP contribution in [0.4, 0.5) is 0 Å². The molecule has 2 rings (SSSR count). The van der Waals surface area contributed by atoms with Gasteiger partial charge >= 0.3 is 11.9 Å². The fourth-order valence-electron chi connectivity index (χ4n) is 7.33. The molecule has 0 amide bonds. The fourth-order valence-corrected chi connectivity index (χ4v) is 7.33. The van der Waals surface area contributed by atoms with Crippen LogP contribution in [0.1, 0.15) is 142 Å². The number of allylic oxidation sites excluding steroid dienone is 13. The number of hydrogen-bond acceptors (Lipinski definition) is 15. The van der Waals surface area contributed by atoms with Gasteiger partial charge in [-0.25, -0.2) is 4.79 Å². The summed E-state index contributed by atoms with van der Waals surface area (Å²) in [6.07, 6.45) is 31.1. The van der Waals surface area contributed by atoms with E-state index in [9.17, 15) is 45.3 Å². The first kappa shape index (κ1) is 60.8. The van der Waals surface area contributed by atoms with Crippen LogP contribution >= 0.6 is 0 Å². The summed E-state index contributed by atoms with van der Waals surface area (Å²) in [5.74, 6) is -1.25. The molecule has 4 unspecified atom stereocenters. The molecule has 2 saturated heterocycles. The Labute approximate surface area is 405 Å². The highest BCUT2D eigenvalue weighted by Gasteiger charge is 2.47. The highest BCUT2D eigenvalue weighted by atomic mass is 16.7. The molecule has 2 aliphatic heterocycles. The summed E-state index contributed by atoms with van der Waals surface area (Å²) >= 11 is 0. The summed E-state index contributed by atoms with van der Waals surface area (Å²) in [7, 11) is 0. The van der Waals surface area contributed by atoms with Crippen molar-refractivity contribution in [2.75, 3.05) is 26.4 Å². The Balaban J connectivity index is 1.88. The van der Waals surface area contributed by atoms with Crippen molar-refractivity contribution in [1.82, 2.24) is 0 Å². The second kappa shape index (κ2) is 39.4. The molecule has 0 radical (unpaired) electrons. The lowest BCUT2D eigenvalue weighted by Crippen LogP contribution is -2.61. The zero-order valence-corrected chi connectivity index (χ0v) is 40.8. The van der Waals surface area contributed by atoms with E-state index in [0.717, 1.165) is 51.4 Å². The Morgan fingerprint density at radius 3 is 1.60 bits per heavy atom. The number of unbranched alkanes of at least 4 members (excludes halogenated alkanes) is 12. The molecular weight excluding hydrogens is 877 g/mol. The highest BCUT2D eigenvalue weighted by Crippen LogP contribution is 2.26. The van der Waals surface area contributed by atoms with Crippen molar-refractivity contribution in [2.24, 2.45) is 0 Å². The van der Waals surface area contributed by atoms with Crippen LogP contribution < -0.4 is 0 Å². The zero-order valence-electron chi connectivity index (χ0n) is 40.8. The predicted molar refractivity (Wildman–Crippen MR) is 261 cm³/mol. The van der Waals surface area contributed by atoms with Crippen molar-refractivity contribution in [3.05, 3.63) is 85.1 Å². The predicted octanol–water partition coefficient (Wildman–Crippen LogP) is 6.82. The molecule has 0 aliphatic carbocycles. The fraction of sp³-hybridized carbons (Fsp3) is 0.698. The molecule has 0 bridgehead atoms. The molecule has 7 N–H and O–H groups in total. The van der Waals surface area contributed by atoms with Gasteiger partial charge in [0.2, 0.25) is 0 Å². The molecule has 0 saturated carbocycles. The van der Waals surface area contributed by atoms with Gasteiger partial charge in [-0.2, -0.15) is 0 Å². The van der Waals surface area contributed by atoms with Gasteiger partial charge < -0.3 is 64.2 Å². The molecule has 0 aromatic heterocycles. The Morgan fingerprint density at radius 2 is 1.03 bits per heavy atom. The lowest BCUT2D eigenvalue weighted by atomic mass is 9.98. The van der Waals surface area contributed by atoms with Gasteiger partial charge in [0.1, 0.15) is 55.4 Å². The van der Waals surface area contributed by atoms with E-state index in [4.69, 9.17) is 28.4 Å². The minimum Gasteiger partial charge on any atom is -0.462 e. The SMILES string of the molecule is CC/C=C/C/C=C/C/C=C/C/C=C/C/C=C/CCCC(=O)OC[C@@H](CO[C@@H]1O[C@H](CO[C@@H]2O[C@H](CO)[C@H](O)C(O)C2O)[C@H](O)C(O)C1O)OC(=O)/C=C/C=C/CCCCCCCCCCCCC. The number of aliphatic hydroxyl groups is 7. The van der Waals surface area contributed by atoms with Crippen LogP contribution in [0.15, 0.2) is 85.1 Å². The molecule has 15 nitrogen and oxygen atoms in total. The number of hydrogen-bond donors (Lipinski definition) is 7. The smallest absolute Gasteiger partial charge is 0.331 e. The van der Waals surface area contributed by atoms with E-state index in [1.165, 1.54) is 63.9 Å². The third-order valence-electron chi connectivity index (χ3n) is 11.5. The normalized spacial score (nSPS) is 26.5. The van der Waals surface area contributed by atoms with Crippen molar-refractivity contribution < 1.29 is 73.8 Å². The summed E-state index contributed by atoms with van der Waals surface area (Å²) in [6, 6.07) is 0. The monoisotopic (exact) mass is 963 g/mol. The quantitative estimate of drug-likeness (QED) is 0.0111. The van der Waals surface area contributed by atoms with Gasteiger partial charge in [-0.1, -0.05) is 157 Å². The summed E-state index contributed by atoms with van der Waals surface area (Å²) in [6.45, 7) is 2.28. The summed E-state index contributed by atoms with van der Waals surface area (Å²) < 4.78 is 33.3. The van der Waals surface area contributed by atoms with Crippen LogP contribution in [-0.4, -0.2) is 142 Å². The molecule has 68 heavy (non-hydrogen) atoms. The molecular formula is C53H86O15. The maximum atomic E-state index is 12.9. The number of carbonyl (C=O) groups is 2. The van der Waals surface area contributed by atoms with Crippen LogP contribution in [-0.2, 0) is 38.0 Å². The Hall–Kier alpha value is -3.32. The van der Waals surface area contributed by atoms with Crippen molar-refractivity contribution in [3.63, 3.8) is 0 Å². The van der Waals surface area contributed by atoms with E-state index < -0.39 is 99.3 Å². The minimum atomic E-state index is -1.79. The largest absolute Gasteiger partial charge is 0.462 e. The van der Waals surface area contributed by atoms with Crippen molar-refractivity contribution >= 4 is 11.9 Å². The third kappa shape index (κ3) is 27.2. The average Bonchev–Trinajstić information content (AvgIpc) is 3.33. The topological polar surface area (TPSA) is 231 Å². The van der Waals surface area contributed by atoms with Crippen LogP contribution in [0.5, 0.6) is 0 Å². The van der Waals surface area contributed by atoms with Crippen LogP contribution in [0.2, 0.25) is 0 Å². The molecule has 2 heterocycles. The molecule has 15 heteroatoms. The van der Waals surface area contributed by atoms with Gasteiger partial charge in [-0.15, -0.1) is 0 Å². The van der Waals surface area contributed by atoms with Gasteiger partial charge in [0.05, 0.1) is 19.8 Å². The first-order valence-electron chi connectivity index (χ1n) is 25.2. The molecule has 388 valence electrons. The van der Waals surface area contributed by atoms with E-state index in [1.54, 1.807) is 12.2 Å². The Kier molecular flexibility index (Phi) is 35.2. The van der Waals surface area contributed by atoms with Crippen molar-refractivity contribution in [1.29, 1.82) is 0 Å². The second-order valence-electron chi connectivity index (χ2n) is 17.3. The van der Waals surface area contributed by atoms with Crippen LogP contribution in [0.25, 0.3) is 0 Å². The van der Waals surface area contributed by atoms with Gasteiger partial charge in [0.25, 0.3) is 0 Å². The first-order valence-corrected chi connectivity index (χ1v) is 25.2. The van der Waals surface area contributed by atoms with E-state index >= 15 is 0 Å². The number of rotatable bonds is 37. The van der Waals surface area contributed by atoms with E-state index in [0.29, 0.717) is 12.8 Å². The van der Waals surface area contributed by atoms with Gasteiger partial charge in [0, 0.05) is 12.5 Å². The number of esters is 2. The summed E-state index contributed by atoms with van der Waals surface area (Å²) in [4.78, 5) is 25.6. The lowest BCUT2D eigenvalue weighted by Gasteiger charge is -2.42. The van der Waals surface area contributed by atoms with Crippen LogP contribution in [0.3, 0.4) is 0 Å². The Bertz CT molecular complexity index is 1510. The zero-order chi connectivity index (χ0) is 49.6. The second-order valence-corrected chi connectivity index (χ2v) is 17.3. The molecule has 2 aliphatic rings. The molecule has 0 spiro atoms. The molecule has 0 aromatic carbocycles. The summed E-state index contributed by atoms with van der Waals surface area (Å²) in [5, 5.41) is 72.0. The van der Waals surface area contributed by atoms with E-state index in [2.05, 4.69) is 62.5 Å². The average molecular weight is 963 g/mol. The number of aliphatic hydroxyl groups excluding tert-OH is 7. The minimum absolute atomic E-state index is 0.115. The van der Waals surface area contributed by atoms with Gasteiger partial charge in [-0.05, 0) is 57.8 Å².